The lowest BCUT2D eigenvalue weighted by Crippen LogP contribution is -2.48. The maximum absolute atomic E-state index is 13.4. The van der Waals surface area contributed by atoms with E-state index in [1.807, 2.05) is 23.1 Å². The minimum absolute atomic E-state index is 0.0941. The molecule has 3 heterocycles. The fourth-order valence-corrected chi connectivity index (χ4v) is 4.68. The molecule has 30 heavy (non-hydrogen) atoms. The van der Waals surface area contributed by atoms with E-state index in [4.69, 9.17) is 4.98 Å². The molecule has 0 N–H and O–H groups in total. The summed E-state index contributed by atoms with van der Waals surface area (Å²) in [6, 6.07) is 18.7. The number of fused-ring (bicyclic) bond motifs is 1. The predicted octanol–water partition coefficient (Wildman–Crippen LogP) is 4.19. The summed E-state index contributed by atoms with van der Waals surface area (Å²) in [5.74, 6) is 1.12. The largest absolute Gasteiger partial charge is 0.368 e. The molecule has 0 saturated carbocycles. The third-order valence-corrected chi connectivity index (χ3v) is 6.35. The van der Waals surface area contributed by atoms with Crippen molar-refractivity contribution in [3.05, 3.63) is 66.4 Å². The van der Waals surface area contributed by atoms with Crippen LogP contribution in [0.3, 0.4) is 0 Å². The van der Waals surface area contributed by atoms with Gasteiger partial charge in [0.05, 0.1) is 5.56 Å². The van der Waals surface area contributed by atoms with E-state index in [2.05, 4.69) is 46.2 Å². The Balaban J connectivity index is 1.38. The van der Waals surface area contributed by atoms with Crippen LogP contribution in [0.2, 0.25) is 0 Å². The Morgan fingerprint density at radius 3 is 2.10 bits per heavy atom. The summed E-state index contributed by atoms with van der Waals surface area (Å²) < 4.78 is 0. The number of rotatable bonds is 3. The molecule has 1 aromatic heterocycles. The monoisotopic (exact) mass is 400 g/mol. The van der Waals surface area contributed by atoms with Crippen LogP contribution in [0, 0.1) is 0 Å². The third-order valence-electron chi connectivity index (χ3n) is 6.35. The zero-order chi connectivity index (χ0) is 20.3. The van der Waals surface area contributed by atoms with Crippen LogP contribution < -0.4 is 9.80 Å². The van der Waals surface area contributed by atoms with Gasteiger partial charge in [-0.2, -0.15) is 0 Å². The predicted molar refractivity (Wildman–Crippen MR) is 122 cm³/mol. The van der Waals surface area contributed by atoms with Gasteiger partial charge in [0.15, 0.2) is 0 Å². The Labute approximate surface area is 177 Å². The second kappa shape index (κ2) is 8.34. The molecule has 0 bridgehead atoms. The maximum atomic E-state index is 13.4. The number of carbonyl (C=O) groups is 1. The number of piperazine rings is 1. The molecule has 5 heteroatoms. The summed E-state index contributed by atoms with van der Waals surface area (Å²) >= 11 is 0. The molecule has 0 radical (unpaired) electrons. The highest BCUT2D eigenvalue weighted by atomic mass is 16.2. The van der Waals surface area contributed by atoms with Gasteiger partial charge < -0.3 is 14.7 Å². The van der Waals surface area contributed by atoms with E-state index in [1.165, 1.54) is 24.9 Å². The van der Waals surface area contributed by atoms with Gasteiger partial charge in [-0.15, -0.1) is 0 Å². The van der Waals surface area contributed by atoms with Crippen molar-refractivity contribution in [3.63, 3.8) is 0 Å². The van der Waals surface area contributed by atoms with Crippen LogP contribution in [0.15, 0.2) is 60.8 Å². The number of benzene rings is 2. The van der Waals surface area contributed by atoms with Gasteiger partial charge in [0, 0.05) is 56.5 Å². The van der Waals surface area contributed by atoms with Crippen LogP contribution in [0.1, 0.15) is 29.6 Å². The minimum Gasteiger partial charge on any atom is -0.368 e. The number of hydrogen-bond donors (Lipinski definition) is 0. The zero-order valence-corrected chi connectivity index (χ0v) is 17.3. The maximum Gasteiger partial charge on any atom is 0.256 e. The number of pyridine rings is 1. The van der Waals surface area contributed by atoms with Gasteiger partial charge in [-0.25, -0.2) is 4.98 Å². The number of hydrogen-bond acceptors (Lipinski definition) is 4. The van der Waals surface area contributed by atoms with E-state index in [1.54, 1.807) is 6.20 Å². The number of amides is 1. The third kappa shape index (κ3) is 3.60. The Morgan fingerprint density at radius 1 is 0.700 bits per heavy atom. The number of nitrogens with zero attached hydrogens (tertiary/aromatic N) is 4. The summed E-state index contributed by atoms with van der Waals surface area (Å²) in [5.41, 5.74) is 1.95. The van der Waals surface area contributed by atoms with Crippen molar-refractivity contribution in [1.82, 2.24) is 9.88 Å². The second-order valence-electron chi connectivity index (χ2n) is 8.20. The highest BCUT2D eigenvalue weighted by Gasteiger charge is 2.25. The van der Waals surface area contributed by atoms with Crippen molar-refractivity contribution in [2.24, 2.45) is 0 Å². The molecule has 2 aliphatic heterocycles. The van der Waals surface area contributed by atoms with Crippen molar-refractivity contribution < 1.29 is 4.79 Å². The molecule has 5 rings (SSSR count). The van der Waals surface area contributed by atoms with Crippen molar-refractivity contribution in [1.29, 1.82) is 0 Å². The smallest absolute Gasteiger partial charge is 0.256 e. The van der Waals surface area contributed by atoms with E-state index >= 15 is 0 Å². The molecule has 2 aromatic carbocycles. The van der Waals surface area contributed by atoms with E-state index in [0.717, 1.165) is 61.4 Å². The quantitative estimate of drug-likeness (QED) is 0.661. The number of carbonyl (C=O) groups excluding carboxylic acids is 1. The highest BCUT2D eigenvalue weighted by molar-refractivity contribution is 6.09. The topological polar surface area (TPSA) is 39.7 Å². The Hall–Kier alpha value is -3.08. The van der Waals surface area contributed by atoms with Gasteiger partial charge >= 0.3 is 0 Å². The molecule has 3 aromatic rings. The lowest BCUT2D eigenvalue weighted by molar-refractivity contribution is 0.0748. The highest BCUT2D eigenvalue weighted by Crippen LogP contribution is 2.30. The van der Waals surface area contributed by atoms with Gasteiger partial charge in [0.2, 0.25) is 0 Å². The SMILES string of the molecule is O=C(c1cnc(N2CCCCC2)c2ccccc12)N1CCN(c2ccccc2)CC1. The van der Waals surface area contributed by atoms with Crippen molar-refractivity contribution in [2.45, 2.75) is 19.3 Å². The molecule has 2 aliphatic rings. The summed E-state index contributed by atoms with van der Waals surface area (Å²) in [6.07, 6.45) is 5.52. The normalized spacial score (nSPS) is 17.4. The summed E-state index contributed by atoms with van der Waals surface area (Å²) in [4.78, 5) is 24.9. The molecule has 2 fully saturated rings. The van der Waals surface area contributed by atoms with Crippen LogP contribution in [-0.2, 0) is 0 Å². The Bertz CT molecular complexity index is 1020. The molecule has 0 unspecified atom stereocenters. The van der Waals surface area contributed by atoms with Crippen molar-refractivity contribution in [2.75, 3.05) is 49.1 Å². The van der Waals surface area contributed by atoms with E-state index in [-0.39, 0.29) is 5.91 Å². The van der Waals surface area contributed by atoms with Gasteiger partial charge in [0.1, 0.15) is 5.82 Å². The average molecular weight is 401 g/mol. The van der Waals surface area contributed by atoms with Gasteiger partial charge in [-0.1, -0.05) is 42.5 Å². The fraction of sp³-hybridized carbons (Fsp3) is 0.360. The summed E-state index contributed by atoms with van der Waals surface area (Å²) in [7, 11) is 0. The van der Waals surface area contributed by atoms with Crippen LogP contribution >= 0.6 is 0 Å². The van der Waals surface area contributed by atoms with Gasteiger partial charge in [0.25, 0.3) is 5.91 Å². The summed E-state index contributed by atoms with van der Waals surface area (Å²) in [5, 5.41) is 2.11. The minimum atomic E-state index is 0.0941. The number of aromatic nitrogens is 1. The number of anilines is 2. The molecule has 2 saturated heterocycles. The molecule has 1 amide bonds. The molecular weight excluding hydrogens is 372 g/mol. The van der Waals surface area contributed by atoms with Crippen LogP contribution in [0.5, 0.6) is 0 Å². The van der Waals surface area contributed by atoms with Crippen molar-refractivity contribution in [3.8, 4) is 0 Å². The average Bonchev–Trinajstić information content (AvgIpc) is 2.84. The Kier molecular flexibility index (Phi) is 5.26. The number of para-hydroxylation sites is 1. The van der Waals surface area contributed by atoms with Gasteiger partial charge in [-0.05, 0) is 36.8 Å². The molecule has 154 valence electrons. The second-order valence-corrected chi connectivity index (χ2v) is 8.20. The van der Waals surface area contributed by atoms with Crippen LogP contribution in [-0.4, -0.2) is 55.1 Å². The van der Waals surface area contributed by atoms with Crippen molar-refractivity contribution >= 4 is 28.2 Å². The first kappa shape index (κ1) is 18.9. The molecule has 5 nitrogen and oxygen atoms in total. The van der Waals surface area contributed by atoms with Crippen LogP contribution in [0.25, 0.3) is 10.8 Å². The summed E-state index contributed by atoms with van der Waals surface area (Å²) in [6.45, 7) is 5.27. The van der Waals surface area contributed by atoms with Gasteiger partial charge in [-0.3, -0.25) is 4.79 Å². The first-order chi connectivity index (χ1) is 14.8. The standard InChI is InChI=1S/C25H28N4O/c30-25(29-17-15-27(16-18-29)20-9-3-1-4-10-20)23-19-26-24(28-13-7-2-8-14-28)22-12-6-5-11-21(22)23/h1,3-6,9-12,19H,2,7-8,13-18H2. The van der Waals surface area contributed by atoms with E-state index in [0.29, 0.717) is 0 Å². The molecule has 0 spiro atoms. The molecule has 0 aliphatic carbocycles. The molecular formula is C25H28N4O. The lowest BCUT2D eigenvalue weighted by Gasteiger charge is -2.36. The lowest BCUT2D eigenvalue weighted by atomic mass is 10.0. The number of piperidine rings is 1. The molecule has 0 atom stereocenters. The Morgan fingerprint density at radius 2 is 1.37 bits per heavy atom. The fourth-order valence-electron chi connectivity index (χ4n) is 4.68. The first-order valence-electron chi connectivity index (χ1n) is 11.0. The van der Waals surface area contributed by atoms with E-state index < -0.39 is 0 Å². The first-order valence-corrected chi connectivity index (χ1v) is 11.0. The van der Waals surface area contributed by atoms with Crippen LogP contribution in [0.4, 0.5) is 11.5 Å². The zero-order valence-electron chi connectivity index (χ0n) is 17.3. The van der Waals surface area contributed by atoms with E-state index in [9.17, 15) is 4.79 Å².